The molecule has 1 aliphatic heterocycles. The van der Waals surface area contributed by atoms with Crippen molar-refractivity contribution in [3.8, 4) is 0 Å². The Morgan fingerprint density at radius 2 is 1.70 bits per heavy atom. The van der Waals surface area contributed by atoms with Gasteiger partial charge in [0.05, 0.1) is 13.2 Å². The van der Waals surface area contributed by atoms with Crippen molar-refractivity contribution in [1.82, 2.24) is 15.1 Å². The molecule has 5 nitrogen and oxygen atoms in total. The van der Waals surface area contributed by atoms with Gasteiger partial charge < -0.3 is 15.0 Å². The topological polar surface area (TPSA) is 44.8 Å². The number of methoxy groups -OCH3 is 1. The van der Waals surface area contributed by atoms with Crippen molar-refractivity contribution in [2.75, 3.05) is 53.0 Å². The minimum atomic E-state index is 0. The van der Waals surface area contributed by atoms with Crippen LogP contribution in [0.4, 0.5) is 0 Å². The summed E-state index contributed by atoms with van der Waals surface area (Å²) in [4.78, 5) is 16.7. The smallest absolute Gasteiger partial charge is 0.236 e. The molecule has 2 aliphatic rings. The number of ether oxygens (including phenoxy) is 1. The van der Waals surface area contributed by atoms with Crippen LogP contribution in [0, 0.1) is 5.92 Å². The lowest BCUT2D eigenvalue weighted by molar-refractivity contribution is -0.132. The highest BCUT2D eigenvalue weighted by Gasteiger charge is 2.28. The van der Waals surface area contributed by atoms with Gasteiger partial charge in [0.15, 0.2) is 0 Å². The highest BCUT2D eigenvalue weighted by atomic mass is 35.5. The predicted octanol–water partition coefficient (Wildman–Crippen LogP) is 1.79. The summed E-state index contributed by atoms with van der Waals surface area (Å²) in [6, 6.07) is 0.762. The number of nitrogens with zero attached hydrogens (tertiary/aromatic N) is 2. The molecule has 1 N–H and O–H groups in total. The second-order valence-electron chi connectivity index (χ2n) is 6.50. The zero-order valence-electron chi connectivity index (χ0n) is 14.5. The fraction of sp³-hybridized carbons (Fsp3) is 0.938. The molecular formula is C16H33Cl2N3O2. The van der Waals surface area contributed by atoms with E-state index in [4.69, 9.17) is 4.74 Å². The average Bonchev–Trinajstić information content (AvgIpc) is 2.52. The van der Waals surface area contributed by atoms with Gasteiger partial charge in [0.2, 0.25) is 5.91 Å². The van der Waals surface area contributed by atoms with Crippen molar-refractivity contribution >= 4 is 30.7 Å². The number of rotatable bonds is 6. The van der Waals surface area contributed by atoms with Crippen LogP contribution >= 0.6 is 24.8 Å². The van der Waals surface area contributed by atoms with Crippen LogP contribution in [0.1, 0.15) is 32.6 Å². The predicted molar refractivity (Wildman–Crippen MR) is 98.8 cm³/mol. The number of amides is 1. The molecule has 23 heavy (non-hydrogen) atoms. The van der Waals surface area contributed by atoms with E-state index < -0.39 is 0 Å². The molecule has 1 saturated carbocycles. The van der Waals surface area contributed by atoms with E-state index in [1.807, 2.05) is 4.90 Å². The standard InChI is InChI=1S/C16H31N3O2.2ClH/c1-14-3-5-15(6-4-14)18-8-10-19(11-9-18)16(20)13-17-7-12-21-2;;/h14-15,17H,3-13H2,1-2H3;2*1H. The van der Waals surface area contributed by atoms with Crippen LogP contribution in [0.5, 0.6) is 0 Å². The normalized spacial score (nSPS) is 25.4. The van der Waals surface area contributed by atoms with Crippen molar-refractivity contribution in [3.05, 3.63) is 0 Å². The Hall–Kier alpha value is -0.0700. The molecule has 2 rings (SSSR count). The highest BCUT2D eigenvalue weighted by molar-refractivity contribution is 5.85. The molecule has 1 saturated heterocycles. The summed E-state index contributed by atoms with van der Waals surface area (Å²) in [7, 11) is 1.68. The molecular weight excluding hydrogens is 337 g/mol. The van der Waals surface area contributed by atoms with Crippen molar-refractivity contribution in [1.29, 1.82) is 0 Å². The van der Waals surface area contributed by atoms with E-state index >= 15 is 0 Å². The molecule has 0 unspecified atom stereocenters. The zero-order chi connectivity index (χ0) is 15.1. The van der Waals surface area contributed by atoms with Crippen molar-refractivity contribution in [2.24, 2.45) is 5.92 Å². The third-order valence-electron chi connectivity index (χ3n) is 4.93. The average molecular weight is 370 g/mol. The number of halogens is 2. The number of carbonyl (C=O) groups excluding carboxylic acids is 1. The van der Waals surface area contributed by atoms with Gasteiger partial charge in [-0.1, -0.05) is 6.92 Å². The number of nitrogens with one attached hydrogen (secondary N) is 1. The molecule has 0 bridgehead atoms. The Morgan fingerprint density at radius 1 is 1.09 bits per heavy atom. The Balaban J connectivity index is 0.00000242. The Labute approximate surface area is 153 Å². The molecule has 0 aromatic carbocycles. The van der Waals surface area contributed by atoms with Gasteiger partial charge in [-0.2, -0.15) is 0 Å². The highest BCUT2D eigenvalue weighted by Crippen LogP contribution is 2.27. The fourth-order valence-electron chi connectivity index (χ4n) is 3.43. The molecule has 1 amide bonds. The minimum absolute atomic E-state index is 0. The maximum absolute atomic E-state index is 12.1. The maximum atomic E-state index is 12.1. The molecule has 1 heterocycles. The van der Waals surface area contributed by atoms with Crippen molar-refractivity contribution in [3.63, 3.8) is 0 Å². The maximum Gasteiger partial charge on any atom is 0.236 e. The van der Waals surface area contributed by atoms with Crippen LogP contribution in [0.2, 0.25) is 0 Å². The number of hydrogen-bond acceptors (Lipinski definition) is 4. The monoisotopic (exact) mass is 369 g/mol. The molecule has 138 valence electrons. The summed E-state index contributed by atoms with van der Waals surface area (Å²) in [5.41, 5.74) is 0. The third kappa shape index (κ3) is 7.57. The molecule has 0 radical (unpaired) electrons. The molecule has 0 atom stereocenters. The summed E-state index contributed by atoms with van der Waals surface area (Å²) < 4.78 is 4.96. The van der Waals surface area contributed by atoms with Crippen LogP contribution in [-0.2, 0) is 9.53 Å². The molecule has 0 aromatic rings. The summed E-state index contributed by atoms with van der Waals surface area (Å²) in [5, 5.41) is 3.13. The molecule has 0 spiro atoms. The summed E-state index contributed by atoms with van der Waals surface area (Å²) in [5.74, 6) is 1.13. The Bertz CT molecular complexity index is 318. The van der Waals surface area contributed by atoms with Crippen LogP contribution in [0.15, 0.2) is 0 Å². The fourth-order valence-corrected chi connectivity index (χ4v) is 3.43. The van der Waals surface area contributed by atoms with E-state index in [9.17, 15) is 4.79 Å². The van der Waals surface area contributed by atoms with Gasteiger partial charge in [-0.15, -0.1) is 24.8 Å². The molecule has 0 aromatic heterocycles. The van der Waals surface area contributed by atoms with Gasteiger partial charge >= 0.3 is 0 Å². The van der Waals surface area contributed by atoms with Gasteiger partial charge in [0.25, 0.3) is 0 Å². The third-order valence-corrected chi connectivity index (χ3v) is 4.93. The van der Waals surface area contributed by atoms with E-state index in [1.54, 1.807) is 7.11 Å². The van der Waals surface area contributed by atoms with Gasteiger partial charge in [0, 0.05) is 45.9 Å². The summed E-state index contributed by atoms with van der Waals surface area (Å²) in [6.45, 7) is 8.05. The van der Waals surface area contributed by atoms with E-state index in [2.05, 4.69) is 17.1 Å². The zero-order valence-corrected chi connectivity index (χ0v) is 16.1. The van der Waals surface area contributed by atoms with Crippen LogP contribution in [0.25, 0.3) is 0 Å². The van der Waals surface area contributed by atoms with E-state index in [0.29, 0.717) is 13.2 Å². The van der Waals surface area contributed by atoms with Gasteiger partial charge in [0.1, 0.15) is 0 Å². The quantitative estimate of drug-likeness (QED) is 0.724. The first kappa shape index (κ1) is 22.9. The SMILES string of the molecule is COCCNCC(=O)N1CCN(C2CCC(C)CC2)CC1.Cl.Cl. The van der Waals surface area contributed by atoms with Crippen LogP contribution in [0.3, 0.4) is 0 Å². The first-order valence-corrected chi connectivity index (χ1v) is 8.42. The summed E-state index contributed by atoms with van der Waals surface area (Å²) >= 11 is 0. The van der Waals surface area contributed by atoms with E-state index in [1.165, 1.54) is 25.7 Å². The lowest BCUT2D eigenvalue weighted by Gasteiger charge is -2.41. The molecule has 7 heteroatoms. The van der Waals surface area contributed by atoms with Gasteiger partial charge in [-0.05, 0) is 31.6 Å². The molecule has 1 aliphatic carbocycles. The lowest BCUT2D eigenvalue weighted by Crippen LogP contribution is -2.54. The number of piperazine rings is 1. The lowest BCUT2D eigenvalue weighted by atomic mass is 9.86. The first-order valence-electron chi connectivity index (χ1n) is 8.42. The molecule has 2 fully saturated rings. The van der Waals surface area contributed by atoms with Crippen LogP contribution < -0.4 is 5.32 Å². The number of hydrogen-bond donors (Lipinski definition) is 1. The largest absolute Gasteiger partial charge is 0.383 e. The Morgan fingerprint density at radius 3 is 2.26 bits per heavy atom. The van der Waals surface area contributed by atoms with Crippen molar-refractivity contribution < 1.29 is 9.53 Å². The number of carbonyl (C=O) groups is 1. The minimum Gasteiger partial charge on any atom is -0.383 e. The van der Waals surface area contributed by atoms with E-state index in [0.717, 1.165) is 44.7 Å². The van der Waals surface area contributed by atoms with Gasteiger partial charge in [-0.3, -0.25) is 9.69 Å². The van der Waals surface area contributed by atoms with Crippen LogP contribution in [-0.4, -0.2) is 74.7 Å². The van der Waals surface area contributed by atoms with Gasteiger partial charge in [-0.25, -0.2) is 0 Å². The second kappa shape index (κ2) is 12.3. The van der Waals surface area contributed by atoms with Crippen molar-refractivity contribution in [2.45, 2.75) is 38.6 Å². The Kier molecular flexibility index (Phi) is 12.3. The first-order chi connectivity index (χ1) is 10.2. The summed E-state index contributed by atoms with van der Waals surface area (Å²) in [6.07, 6.45) is 5.42. The van der Waals surface area contributed by atoms with E-state index in [-0.39, 0.29) is 30.7 Å². The second-order valence-corrected chi connectivity index (χ2v) is 6.50.